The van der Waals surface area contributed by atoms with Gasteiger partial charge in [-0.15, -0.1) is 0 Å². The van der Waals surface area contributed by atoms with E-state index in [9.17, 15) is 20.1 Å². The van der Waals surface area contributed by atoms with Gasteiger partial charge < -0.3 is 34.8 Å². The molecule has 3 saturated heterocycles. The maximum atomic E-state index is 12.4. The van der Waals surface area contributed by atoms with Crippen LogP contribution in [0, 0.1) is 50.7 Å². The Morgan fingerprint density at radius 1 is 1.04 bits per heavy atom. The highest BCUT2D eigenvalue weighted by Crippen LogP contribution is 2.89. The lowest BCUT2D eigenvalue weighted by Crippen LogP contribution is -2.60. The van der Waals surface area contributed by atoms with E-state index in [1.807, 2.05) is 0 Å². The number of morpholine rings is 1. The lowest BCUT2D eigenvalue weighted by molar-refractivity contribution is -0.250. The first kappa shape index (κ1) is 33.3. The first-order valence-corrected chi connectivity index (χ1v) is 19.0. The first-order valence-electron chi connectivity index (χ1n) is 19.0. The van der Waals surface area contributed by atoms with Gasteiger partial charge in [0.2, 0.25) is 5.91 Å². The Bertz CT molecular complexity index is 1270. The maximum absolute atomic E-state index is 12.4. The quantitative estimate of drug-likeness (QED) is 0.352. The normalized spacial score (nSPS) is 54.4. The zero-order valence-electron chi connectivity index (χ0n) is 30.0. The molecular formula is C38H62N2O7. The Kier molecular flexibility index (Phi) is 7.53. The standard InChI is InChI=1S/C38H62N2O7/c1-21-18-23(30(41)34(4,5)44)46-29-28(21)35(6)13-14-38-20-37(38)12-10-26(33(2,3)24(37)8-9-25(38)36(35,7)31(29)42)47-27-19-40(16-17-45-27)22-11-15-39-32(22)43/h21-31,41-42,44H,8-20H2,1-7H3,(H,39,43)/t21-,22-,23?,24+,25?,26?,27+,28+,29?,30?,31+,35?,36-,37?,38?/m1/s1. The lowest BCUT2D eigenvalue weighted by atomic mass is 9.41. The van der Waals surface area contributed by atoms with Gasteiger partial charge in [0, 0.05) is 18.5 Å². The fourth-order valence-electron chi connectivity index (χ4n) is 14.3. The van der Waals surface area contributed by atoms with E-state index in [0.29, 0.717) is 42.7 Å². The van der Waals surface area contributed by atoms with Gasteiger partial charge in [-0.05, 0) is 117 Å². The maximum Gasteiger partial charge on any atom is 0.237 e. The van der Waals surface area contributed by atoms with Gasteiger partial charge in [-0.1, -0.05) is 34.6 Å². The zero-order chi connectivity index (χ0) is 33.5. The second-order valence-electron chi connectivity index (χ2n) is 19.2. The minimum atomic E-state index is -1.26. The van der Waals surface area contributed by atoms with Gasteiger partial charge in [0.1, 0.15) is 6.10 Å². The van der Waals surface area contributed by atoms with E-state index < -0.39 is 23.9 Å². The molecule has 0 aromatic rings. The minimum Gasteiger partial charge on any atom is -0.390 e. The predicted molar refractivity (Wildman–Crippen MR) is 176 cm³/mol. The monoisotopic (exact) mass is 658 g/mol. The third-order valence-electron chi connectivity index (χ3n) is 16.7. The second kappa shape index (κ2) is 10.6. The molecule has 8 aliphatic rings. The van der Waals surface area contributed by atoms with Crippen molar-refractivity contribution in [3.05, 3.63) is 0 Å². The van der Waals surface area contributed by atoms with Crippen LogP contribution in [0.1, 0.15) is 106 Å². The third kappa shape index (κ3) is 4.35. The average Bonchev–Trinajstić information content (AvgIpc) is 3.41. The van der Waals surface area contributed by atoms with E-state index in [0.717, 1.165) is 45.2 Å². The topological polar surface area (TPSA) is 121 Å². The molecule has 266 valence electrons. The van der Waals surface area contributed by atoms with Crippen molar-refractivity contribution in [2.75, 3.05) is 26.2 Å². The Morgan fingerprint density at radius 2 is 1.77 bits per heavy atom. The van der Waals surface area contributed by atoms with Gasteiger partial charge in [0.25, 0.3) is 0 Å². The van der Waals surface area contributed by atoms with Crippen LogP contribution in [0.5, 0.6) is 0 Å². The number of hydrogen-bond acceptors (Lipinski definition) is 8. The smallest absolute Gasteiger partial charge is 0.237 e. The van der Waals surface area contributed by atoms with E-state index in [1.165, 1.54) is 19.3 Å². The van der Waals surface area contributed by atoms with E-state index in [2.05, 4.69) is 44.8 Å². The first-order chi connectivity index (χ1) is 22.0. The lowest BCUT2D eigenvalue weighted by Gasteiger charge is -2.64. The Balaban J connectivity index is 1.02. The summed E-state index contributed by atoms with van der Waals surface area (Å²) in [7, 11) is 0. The van der Waals surface area contributed by atoms with Crippen LogP contribution in [-0.4, -0.2) is 101 Å². The molecule has 4 N–H and O–H groups in total. The van der Waals surface area contributed by atoms with Crippen molar-refractivity contribution in [1.82, 2.24) is 10.2 Å². The number of fused-ring (bicyclic) bond motifs is 4. The van der Waals surface area contributed by atoms with Crippen molar-refractivity contribution in [3.63, 3.8) is 0 Å². The van der Waals surface area contributed by atoms with Crippen molar-refractivity contribution < 1.29 is 34.3 Å². The van der Waals surface area contributed by atoms with Crippen LogP contribution in [0.25, 0.3) is 0 Å². The fourth-order valence-corrected chi connectivity index (χ4v) is 14.3. The van der Waals surface area contributed by atoms with E-state index >= 15 is 0 Å². The predicted octanol–water partition coefficient (Wildman–Crippen LogP) is 3.86. The van der Waals surface area contributed by atoms with Crippen molar-refractivity contribution in [2.24, 2.45) is 50.7 Å². The summed E-state index contributed by atoms with van der Waals surface area (Å²) in [6.45, 7) is 18.1. The minimum absolute atomic E-state index is 0.00507. The van der Waals surface area contributed by atoms with Gasteiger partial charge in [-0.3, -0.25) is 9.69 Å². The van der Waals surface area contributed by atoms with Gasteiger partial charge >= 0.3 is 0 Å². The number of amides is 1. The molecule has 0 bridgehead atoms. The number of aliphatic hydroxyl groups excluding tert-OH is 2. The Labute approximate surface area is 281 Å². The van der Waals surface area contributed by atoms with Crippen molar-refractivity contribution >= 4 is 5.91 Å². The highest BCUT2D eigenvalue weighted by molar-refractivity contribution is 5.83. The van der Waals surface area contributed by atoms with Crippen LogP contribution in [0.2, 0.25) is 0 Å². The van der Waals surface area contributed by atoms with Crippen LogP contribution in [-0.2, 0) is 19.0 Å². The molecule has 15 atom stereocenters. The molecule has 47 heavy (non-hydrogen) atoms. The average molecular weight is 659 g/mol. The number of nitrogens with zero attached hydrogens (tertiary/aromatic N) is 1. The van der Waals surface area contributed by atoms with Gasteiger partial charge in [-0.25, -0.2) is 0 Å². The summed E-state index contributed by atoms with van der Waals surface area (Å²) >= 11 is 0. The largest absolute Gasteiger partial charge is 0.390 e. The molecule has 3 aliphatic heterocycles. The van der Waals surface area contributed by atoms with Crippen molar-refractivity contribution in [3.8, 4) is 0 Å². The molecule has 8 rings (SSSR count). The number of carbonyl (C=O) groups is 1. The number of rotatable bonds is 5. The Hall–Kier alpha value is -0.810. The molecule has 0 aromatic heterocycles. The van der Waals surface area contributed by atoms with E-state index in [4.69, 9.17) is 14.2 Å². The number of hydrogen-bond donors (Lipinski definition) is 4. The summed E-state index contributed by atoms with van der Waals surface area (Å²) in [5.41, 5.74) is -1.00. The van der Waals surface area contributed by atoms with Crippen molar-refractivity contribution in [2.45, 2.75) is 155 Å². The fraction of sp³-hybridized carbons (Fsp3) is 0.974. The Morgan fingerprint density at radius 3 is 2.47 bits per heavy atom. The van der Waals surface area contributed by atoms with Gasteiger partial charge in [-0.2, -0.15) is 0 Å². The summed E-state index contributed by atoms with van der Waals surface area (Å²) in [6.07, 6.45) is 7.10. The summed E-state index contributed by atoms with van der Waals surface area (Å²) in [4.78, 5) is 14.7. The zero-order valence-corrected chi connectivity index (χ0v) is 30.0. The number of aliphatic hydroxyl groups is 3. The van der Waals surface area contributed by atoms with Crippen LogP contribution in [0.15, 0.2) is 0 Å². The number of ether oxygens (including phenoxy) is 3. The summed E-state index contributed by atoms with van der Waals surface area (Å²) in [5.74, 6) is 1.69. The molecule has 8 unspecified atom stereocenters. The number of nitrogens with one attached hydrogen (secondary N) is 1. The molecule has 2 spiro atoms. The van der Waals surface area contributed by atoms with E-state index in [1.54, 1.807) is 13.8 Å². The molecule has 5 saturated carbocycles. The summed E-state index contributed by atoms with van der Waals surface area (Å²) < 4.78 is 19.7. The highest BCUT2D eigenvalue weighted by Gasteiger charge is 2.84. The van der Waals surface area contributed by atoms with Crippen LogP contribution < -0.4 is 5.32 Å². The van der Waals surface area contributed by atoms with Crippen LogP contribution in [0.3, 0.4) is 0 Å². The molecule has 3 heterocycles. The molecule has 9 heteroatoms. The van der Waals surface area contributed by atoms with Gasteiger partial charge in [0.05, 0.1) is 49.2 Å². The highest BCUT2D eigenvalue weighted by atomic mass is 16.7. The SMILES string of the molecule is C[C@@H]1CC(C(O)C(C)(C)O)OC2[C@H]1C1(C)CCC34CC35CCC(O[C@H]3CN([C@@H]6CCNC6=O)CCO3)C(C)(C)[C@@H]5CCC4[C@]1(C)[C@H]2O. The van der Waals surface area contributed by atoms with Crippen molar-refractivity contribution in [1.29, 1.82) is 0 Å². The number of carbonyl (C=O) groups excluding carboxylic acids is 1. The molecule has 5 aliphatic carbocycles. The molecule has 8 fully saturated rings. The van der Waals surface area contributed by atoms with E-state index in [-0.39, 0.29) is 58.0 Å². The summed E-state index contributed by atoms with van der Waals surface area (Å²) in [5, 5.41) is 37.1. The second-order valence-corrected chi connectivity index (χ2v) is 19.2. The molecule has 1 amide bonds. The van der Waals surface area contributed by atoms with Crippen LogP contribution in [0.4, 0.5) is 0 Å². The molecular weight excluding hydrogens is 596 g/mol. The molecule has 9 nitrogen and oxygen atoms in total. The molecule has 0 aromatic carbocycles. The summed E-state index contributed by atoms with van der Waals surface area (Å²) in [6, 6.07) is -0.0618. The molecule has 0 radical (unpaired) electrons. The van der Waals surface area contributed by atoms with Crippen LogP contribution >= 0.6 is 0 Å². The third-order valence-corrected chi connectivity index (χ3v) is 16.7. The van der Waals surface area contributed by atoms with Gasteiger partial charge in [0.15, 0.2) is 6.29 Å².